The molecule has 0 saturated heterocycles. The predicted molar refractivity (Wildman–Crippen MR) is 97.8 cm³/mol. The highest BCUT2D eigenvalue weighted by atomic mass is 35.5. The highest BCUT2D eigenvalue weighted by Gasteiger charge is 2.16. The topological polar surface area (TPSA) is 38.4 Å². The van der Waals surface area contributed by atoms with Gasteiger partial charge in [-0.3, -0.25) is 4.99 Å². The highest BCUT2D eigenvalue weighted by molar-refractivity contribution is 6.31. The normalized spacial score (nSPS) is 14.6. The van der Waals surface area contributed by atoms with Gasteiger partial charge >= 0.3 is 0 Å². The lowest BCUT2D eigenvalue weighted by molar-refractivity contribution is 0.960. The molecule has 3 heteroatoms. The minimum atomic E-state index is -0.163. The van der Waals surface area contributed by atoms with Crippen molar-refractivity contribution in [3.05, 3.63) is 76.3 Å². The van der Waals surface area contributed by atoms with Crippen LogP contribution in [0.5, 0.6) is 0 Å². The second kappa shape index (κ2) is 6.83. The van der Waals surface area contributed by atoms with Crippen LogP contribution in [0.1, 0.15) is 23.6 Å². The molecule has 1 atom stereocenters. The first kappa shape index (κ1) is 15.6. The summed E-state index contributed by atoms with van der Waals surface area (Å²) in [5.74, 6) is 6.21. The van der Waals surface area contributed by atoms with Gasteiger partial charge in [-0.05, 0) is 30.7 Å². The quantitative estimate of drug-likeness (QED) is 0.794. The first-order valence-corrected chi connectivity index (χ1v) is 7.90. The van der Waals surface area contributed by atoms with Crippen LogP contribution in [0.15, 0.2) is 59.6 Å². The number of aliphatic imine (C=N–C) groups is 1. The molecule has 0 aromatic heterocycles. The Morgan fingerprint density at radius 3 is 2.65 bits per heavy atom. The molecule has 0 amide bonds. The largest absolute Gasteiger partial charge is 0.318 e. The smallest absolute Gasteiger partial charge is 0.0729 e. The summed E-state index contributed by atoms with van der Waals surface area (Å²) in [6, 6.07) is 15.8. The molecule has 0 aliphatic carbocycles. The summed E-state index contributed by atoms with van der Waals surface area (Å²) < 4.78 is 0. The molecule has 2 N–H and O–H groups in total. The number of halogens is 1. The van der Waals surface area contributed by atoms with Crippen molar-refractivity contribution in [3.63, 3.8) is 0 Å². The molecule has 0 spiro atoms. The van der Waals surface area contributed by atoms with Crippen molar-refractivity contribution in [1.29, 1.82) is 0 Å². The van der Waals surface area contributed by atoms with E-state index in [1.54, 1.807) is 0 Å². The van der Waals surface area contributed by atoms with E-state index in [0.717, 1.165) is 28.0 Å². The van der Waals surface area contributed by atoms with Gasteiger partial charge in [-0.2, -0.15) is 0 Å². The van der Waals surface area contributed by atoms with Crippen molar-refractivity contribution in [3.8, 4) is 11.8 Å². The third-order valence-corrected chi connectivity index (χ3v) is 3.79. The zero-order valence-corrected chi connectivity index (χ0v) is 13.6. The van der Waals surface area contributed by atoms with E-state index in [-0.39, 0.29) is 6.04 Å². The summed E-state index contributed by atoms with van der Waals surface area (Å²) >= 11 is 6.23. The Kier molecular flexibility index (Phi) is 4.62. The summed E-state index contributed by atoms with van der Waals surface area (Å²) in [5, 5.41) is 0.689. The van der Waals surface area contributed by atoms with Crippen LogP contribution in [0, 0.1) is 11.8 Å². The SMILES string of the molecule is CC(N)C#CC1=CCN=C(c2ccccc2)c2cc(Cl)ccc21. The zero-order chi connectivity index (χ0) is 16.2. The minimum absolute atomic E-state index is 0.163. The Labute approximate surface area is 141 Å². The first-order chi connectivity index (χ1) is 11.1. The van der Waals surface area contributed by atoms with Crippen molar-refractivity contribution in [2.24, 2.45) is 10.7 Å². The number of fused-ring (bicyclic) bond motifs is 1. The van der Waals surface area contributed by atoms with Crippen LogP contribution in [-0.4, -0.2) is 18.3 Å². The number of rotatable bonds is 1. The number of hydrogen-bond acceptors (Lipinski definition) is 2. The molecular weight excluding hydrogens is 304 g/mol. The summed E-state index contributed by atoms with van der Waals surface area (Å²) in [7, 11) is 0. The fourth-order valence-corrected chi connectivity index (χ4v) is 2.70. The van der Waals surface area contributed by atoms with Crippen molar-refractivity contribution in [2.45, 2.75) is 13.0 Å². The van der Waals surface area contributed by atoms with Gasteiger partial charge in [0, 0.05) is 21.7 Å². The molecule has 2 nitrogen and oxygen atoms in total. The Hall–Kier alpha value is -2.34. The molecule has 1 heterocycles. The molecule has 0 bridgehead atoms. The van der Waals surface area contributed by atoms with Gasteiger partial charge in [0.05, 0.1) is 18.3 Å². The number of nitrogens with zero attached hydrogens (tertiary/aromatic N) is 1. The molecular formula is C20H17ClN2. The summed E-state index contributed by atoms with van der Waals surface area (Å²) in [4.78, 5) is 4.74. The molecule has 1 aliphatic heterocycles. The Bertz CT molecular complexity index is 837. The van der Waals surface area contributed by atoms with Crippen molar-refractivity contribution >= 4 is 22.9 Å². The summed E-state index contributed by atoms with van der Waals surface area (Å²) in [6.45, 7) is 2.46. The van der Waals surface area contributed by atoms with Gasteiger partial charge in [-0.25, -0.2) is 0 Å². The maximum absolute atomic E-state index is 6.23. The monoisotopic (exact) mass is 320 g/mol. The first-order valence-electron chi connectivity index (χ1n) is 7.52. The van der Waals surface area contributed by atoms with Crippen LogP contribution in [0.25, 0.3) is 5.57 Å². The minimum Gasteiger partial charge on any atom is -0.318 e. The Morgan fingerprint density at radius 1 is 1.13 bits per heavy atom. The fourth-order valence-electron chi connectivity index (χ4n) is 2.52. The third kappa shape index (κ3) is 3.53. The number of benzene rings is 2. The molecule has 0 saturated carbocycles. The maximum Gasteiger partial charge on any atom is 0.0729 e. The molecule has 114 valence electrons. The standard InChI is InChI=1S/C20H17ClN2/c1-14(22)7-8-15-11-12-23-20(16-5-3-2-4-6-16)19-13-17(21)9-10-18(15)19/h2-6,9-11,13-14H,12,22H2,1H3. The van der Waals surface area contributed by atoms with Gasteiger partial charge in [-0.1, -0.05) is 59.8 Å². The van der Waals surface area contributed by atoms with Gasteiger partial charge in [0.15, 0.2) is 0 Å². The Morgan fingerprint density at radius 2 is 1.91 bits per heavy atom. The second-order valence-electron chi connectivity index (χ2n) is 5.42. The van der Waals surface area contributed by atoms with Gasteiger partial charge in [0.2, 0.25) is 0 Å². The van der Waals surface area contributed by atoms with Crippen LogP contribution < -0.4 is 5.73 Å². The predicted octanol–water partition coefficient (Wildman–Crippen LogP) is 3.93. The molecule has 0 fully saturated rings. The highest BCUT2D eigenvalue weighted by Crippen LogP contribution is 2.27. The second-order valence-corrected chi connectivity index (χ2v) is 5.86. The molecule has 2 aromatic rings. The van der Waals surface area contributed by atoms with Crippen molar-refractivity contribution in [1.82, 2.24) is 0 Å². The molecule has 0 radical (unpaired) electrons. The lowest BCUT2D eigenvalue weighted by Gasteiger charge is -2.11. The molecule has 2 aromatic carbocycles. The van der Waals surface area contributed by atoms with Crippen LogP contribution >= 0.6 is 11.6 Å². The van der Waals surface area contributed by atoms with E-state index in [9.17, 15) is 0 Å². The van der Waals surface area contributed by atoms with E-state index in [4.69, 9.17) is 22.3 Å². The van der Waals surface area contributed by atoms with Gasteiger partial charge in [0.1, 0.15) is 0 Å². The van der Waals surface area contributed by atoms with Crippen molar-refractivity contribution < 1.29 is 0 Å². The number of nitrogens with two attached hydrogens (primary N) is 1. The van der Waals surface area contributed by atoms with E-state index >= 15 is 0 Å². The van der Waals surface area contributed by atoms with Gasteiger partial charge in [-0.15, -0.1) is 0 Å². The Balaban J connectivity index is 2.15. The van der Waals surface area contributed by atoms with E-state index < -0.39 is 0 Å². The maximum atomic E-state index is 6.23. The average Bonchev–Trinajstić information content (AvgIpc) is 2.72. The van der Waals surface area contributed by atoms with E-state index in [2.05, 4.69) is 24.0 Å². The third-order valence-electron chi connectivity index (χ3n) is 3.55. The zero-order valence-electron chi connectivity index (χ0n) is 12.9. The average molecular weight is 321 g/mol. The fraction of sp³-hybridized carbons (Fsp3) is 0.150. The summed E-state index contributed by atoms with van der Waals surface area (Å²) in [5.41, 5.74) is 10.8. The van der Waals surface area contributed by atoms with E-state index in [0.29, 0.717) is 11.6 Å². The van der Waals surface area contributed by atoms with Crippen LogP contribution in [-0.2, 0) is 0 Å². The van der Waals surface area contributed by atoms with Crippen LogP contribution in [0.2, 0.25) is 5.02 Å². The van der Waals surface area contributed by atoms with E-state index in [1.165, 1.54) is 0 Å². The van der Waals surface area contributed by atoms with Crippen LogP contribution in [0.3, 0.4) is 0 Å². The summed E-state index contributed by atoms with van der Waals surface area (Å²) in [6.07, 6.45) is 2.04. The molecule has 1 aliphatic rings. The number of hydrogen-bond donors (Lipinski definition) is 1. The lowest BCUT2D eigenvalue weighted by atomic mass is 9.94. The lowest BCUT2D eigenvalue weighted by Crippen LogP contribution is -2.11. The molecule has 1 unspecified atom stereocenters. The van der Waals surface area contributed by atoms with Crippen molar-refractivity contribution in [2.75, 3.05) is 6.54 Å². The molecule has 3 rings (SSSR count). The van der Waals surface area contributed by atoms with Crippen LogP contribution in [0.4, 0.5) is 0 Å². The molecule has 23 heavy (non-hydrogen) atoms. The van der Waals surface area contributed by atoms with Gasteiger partial charge < -0.3 is 5.73 Å². The van der Waals surface area contributed by atoms with E-state index in [1.807, 2.05) is 49.4 Å². The van der Waals surface area contributed by atoms with Gasteiger partial charge in [0.25, 0.3) is 0 Å². The number of allylic oxidation sites excluding steroid dienone is 1.